The number of sulfonamides is 1. The van der Waals surface area contributed by atoms with Gasteiger partial charge in [-0.05, 0) is 42.3 Å². The van der Waals surface area contributed by atoms with Gasteiger partial charge in [0.25, 0.3) is 0 Å². The van der Waals surface area contributed by atoms with Gasteiger partial charge in [0.2, 0.25) is 10.0 Å². The predicted octanol–water partition coefficient (Wildman–Crippen LogP) is 2.13. The second kappa shape index (κ2) is 6.35. The van der Waals surface area contributed by atoms with E-state index in [1.54, 1.807) is 0 Å². The van der Waals surface area contributed by atoms with Crippen molar-refractivity contribution in [1.82, 2.24) is 10.0 Å². The fraction of sp³-hybridized carbons (Fsp3) is 0.250. The van der Waals surface area contributed by atoms with Crippen LogP contribution in [0.25, 0.3) is 0 Å². The van der Waals surface area contributed by atoms with Crippen molar-refractivity contribution in [2.24, 2.45) is 0 Å². The van der Waals surface area contributed by atoms with E-state index in [0.717, 1.165) is 30.7 Å². The second-order valence-electron chi connectivity index (χ2n) is 5.38. The summed E-state index contributed by atoms with van der Waals surface area (Å²) in [5.74, 6) is -2.26. The maximum atomic E-state index is 13.2. The Hall–Kier alpha value is -1.83. The van der Waals surface area contributed by atoms with Gasteiger partial charge in [-0.1, -0.05) is 24.3 Å². The molecule has 0 saturated carbocycles. The third kappa shape index (κ3) is 3.41. The minimum Gasteiger partial charge on any atom is -0.308 e. The zero-order chi connectivity index (χ0) is 16.4. The van der Waals surface area contributed by atoms with Crippen LogP contribution < -0.4 is 10.0 Å². The molecule has 0 aliphatic carbocycles. The highest BCUT2D eigenvalue weighted by atomic mass is 32.2. The van der Waals surface area contributed by atoms with E-state index in [1.165, 1.54) is 5.56 Å². The fourth-order valence-electron chi connectivity index (χ4n) is 2.70. The molecule has 7 heteroatoms. The van der Waals surface area contributed by atoms with Crippen molar-refractivity contribution in [3.05, 3.63) is 65.2 Å². The maximum absolute atomic E-state index is 13.2. The van der Waals surface area contributed by atoms with Gasteiger partial charge in [0.05, 0.1) is 4.90 Å². The van der Waals surface area contributed by atoms with Crippen LogP contribution in [0.4, 0.5) is 8.78 Å². The van der Waals surface area contributed by atoms with Gasteiger partial charge >= 0.3 is 0 Å². The minimum absolute atomic E-state index is 0.137. The number of benzene rings is 2. The average molecular weight is 338 g/mol. The molecule has 0 bridgehead atoms. The Morgan fingerprint density at radius 1 is 1.13 bits per heavy atom. The molecule has 0 saturated heterocycles. The summed E-state index contributed by atoms with van der Waals surface area (Å²) in [7, 11) is -3.90. The van der Waals surface area contributed by atoms with Crippen LogP contribution in [0.15, 0.2) is 47.4 Å². The smallest absolute Gasteiger partial charge is 0.240 e. The third-order valence-electron chi connectivity index (χ3n) is 3.89. The molecular formula is C16H16F2N2O2S. The summed E-state index contributed by atoms with van der Waals surface area (Å²) in [6.45, 7) is 0.896. The van der Waals surface area contributed by atoms with Crippen LogP contribution in [0.3, 0.4) is 0 Å². The number of hydrogen-bond donors (Lipinski definition) is 2. The lowest BCUT2D eigenvalue weighted by Crippen LogP contribution is -2.38. The first-order chi connectivity index (χ1) is 11.0. The third-order valence-corrected chi connectivity index (χ3v) is 5.32. The SMILES string of the molecule is O=S(=O)(NCC1NCCc2ccccc21)c1ccc(F)c(F)c1. The van der Waals surface area contributed by atoms with Gasteiger partial charge in [-0.15, -0.1) is 0 Å². The molecule has 4 nitrogen and oxygen atoms in total. The van der Waals surface area contributed by atoms with E-state index in [-0.39, 0.29) is 17.5 Å². The lowest BCUT2D eigenvalue weighted by Gasteiger charge is -2.27. The van der Waals surface area contributed by atoms with Crippen LogP contribution in [0, 0.1) is 11.6 Å². The summed E-state index contributed by atoms with van der Waals surface area (Å²) < 4.78 is 53.0. The van der Waals surface area contributed by atoms with Gasteiger partial charge in [0.1, 0.15) is 0 Å². The Morgan fingerprint density at radius 3 is 2.70 bits per heavy atom. The van der Waals surface area contributed by atoms with E-state index in [0.29, 0.717) is 6.07 Å². The first-order valence-electron chi connectivity index (χ1n) is 7.23. The van der Waals surface area contributed by atoms with E-state index >= 15 is 0 Å². The van der Waals surface area contributed by atoms with Crippen LogP contribution >= 0.6 is 0 Å². The minimum atomic E-state index is -3.90. The van der Waals surface area contributed by atoms with E-state index in [9.17, 15) is 17.2 Å². The van der Waals surface area contributed by atoms with Gasteiger partial charge in [-0.2, -0.15) is 0 Å². The number of halogens is 2. The molecule has 0 fully saturated rings. The first-order valence-corrected chi connectivity index (χ1v) is 8.71. The molecule has 1 aliphatic rings. The molecule has 0 amide bonds. The van der Waals surface area contributed by atoms with Crippen LogP contribution in [0.1, 0.15) is 17.2 Å². The van der Waals surface area contributed by atoms with Gasteiger partial charge in [-0.3, -0.25) is 0 Å². The molecule has 0 spiro atoms. The van der Waals surface area contributed by atoms with Crippen LogP contribution in [0.2, 0.25) is 0 Å². The summed E-state index contributed by atoms with van der Waals surface area (Å²) >= 11 is 0. The lowest BCUT2D eigenvalue weighted by molar-refractivity contribution is 0.489. The predicted molar refractivity (Wildman–Crippen MR) is 82.4 cm³/mol. The van der Waals surface area contributed by atoms with E-state index in [4.69, 9.17) is 0 Å². The molecule has 0 radical (unpaired) electrons. The molecule has 0 aromatic heterocycles. The summed E-state index contributed by atoms with van der Waals surface area (Å²) in [6, 6.07) is 10.2. The van der Waals surface area contributed by atoms with Crippen molar-refractivity contribution in [3.63, 3.8) is 0 Å². The number of fused-ring (bicyclic) bond motifs is 1. The molecule has 3 rings (SSSR count). The topological polar surface area (TPSA) is 58.2 Å². The highest BCUT2D eigenvalue weighted by molar-refractivity contribution is 7.89. The van der Waals surface area contributed by atoms with E-state index in [1.807, 2.05) is 24.3 Å². The molecule has 2 aromatic rings. The second-order valence-corrected chi connectivity index (χ2v) is 7.15. The Kier molecular flexibility index (Phi) is 4.43. The fourth-order valence-corrected chi connectivity index (χ4v) is 3.75. The Morgan fingerprint density at radius 2 is 1.91 bits per heavy atom. The number of nitrogens with one attached hydrogen (secondary N) is 2. The summed E-state index contributed by atoms with van der Waals surface area (Å²) in [4.78, 5) is -0.291. The molecule has 1 atom stereocenters. The normalized spacial score (nSPS) is 17.7. The van der Waals surface area contributed by atoms with Crippen molar-refractivity contribution in [2.75, 3.05) is 13.1 Å². The molecule has 122 valence electrons. The highest BCUT2D eigenvalue weighted by Gasteiger charge is 2.22. The monoisotopic (exact) mass is 338 g/mol. The Bertz CT molecular complexity index is 825. The van der Waals surface area contributed by atoms with Crippen molar-refractivity contribution >= 4 is 10.0 Å². The van der Waals surface area contributed by atoms with Gasteiger partial charge in [0.15, 0.2) is 11.6 Å². The van der Waals surface area contributed by atoms with Gasteiger partial charge in [-0.25, -0.2) is 21.9 Å². The van der Waals surface area contributed by atoms with Crippen molar-refractivity contribution in [3.8, 4) is 0 Å². The number of rotatable bonds is 4. The zero-order valence-electron chi connectivity index (χ0n) is 12.2. The standard InChI is InChI=1S/C16H16F2N2O2S/c17-14-6-5-12(9-15(14)18)23(21,22)20-10-16-13-4-2-1-3-11(13)7-8-19-16/h1-6,9,16,19-20H,7-8,10H2. The zero-order valence-corrected chi connectivity index (χ0v) is 13.0. The largest absolute Gasteiger partial charge is 0.308 e. The highest BCUT2D eigenvalue weighted by Crippen LogP contribution is 2.22. The summed E-state index contributed by atoms with van der Waals surface area (Å²) in [5.41, 5.74) is 2.23. The number of hydrogen-bond acceptors (Lipinski definition) is 3. The van der Waals surface area contributed by atoms with Crippen molar-refractivity contribution in [1.29, 1.82) is 0 Å². The first kappa shape index (κ1) is 16.0. The molecule has 2 aromatic carbocycles. The molecule has 23 heavy (non-hydrogen) atoms. The summed E-state index contributed by atoms with van der Waals surface area (Å²) in [5, 5.41) is 3.26. The summed E-state index contributed by atoms with van der Waals surface area (Å²) in [6.07, 6.45) is 0.891. The van der Waals surface area contributed by atoms with Crippen LogP contribution in [-0.2, 0) is 16.4 Å². The van der Waals surface area contributed by atoms with Crippen LogP contribution in [-0.4, -0.2) is 21.5 Å². The van der Waals surface area contributed by atoms with Crippen molar-refractivity contribution < 1.29 is 17.2 Å². The Labute approximate surface area is 133 Å². The average Bonchev–Trinajstić information content (AvgIpc) is 2.55. The lowest BCUT2D eigenvalue weighted by atomic mass is 9.95. The molecule has 1 heterocycles. The molecular weight excluding hydrogens is 322 g/mol. The molecule has 1 aliphatic heterocycles. The maximum Gasteiger partial charge on any atom is 0.240 e. The van der Waals surface area contributed by atoms with Crippen molar-refractivity contribution in [2.45, 2.75) is 17.4 Å². The van der Waals surface area contributed by atoms with Gasteiger partial charge in [0, 0.05) is 12.6 Å². The Balaban J connectivity index is 1.76. The van der Waals surface area contributed by atoms with E-state index < -0.39 is 21.7 Å². The van der Waals surface area contributed by atoms with E-state index in [2.05, 4.69) is 10.0 Å². The molecule has 2 N–H and O–H groups in total. The quantitative estimate of drug-likeness (QED) is 0.898. The van der Waals surface area contributed by atoms with Crippen LogP contribution in [0.5, 0.6) is 0 Å². The van der Waals surface area contributed by atoms with Gasteiger partial charge < -0.3 is 5.32 Å². The molecule has 1 unspecified atom stereocenters.